The van der Waals surface area contributed by atoms with E-state index in [1.807, 2.05) is 17.8 Å². The predicted octanol–water partition coefficient (Wildman–Crippen LogP) is 4.97. The zero-order chi connectivity index (χ0) is 12.7. The zero-order valence-corrected chi connectivity index (χ0v) is 13.2. The maximum Gasteiger partial charge on any atom is 0.0931 e. The van der Waals surface area contributed by atoms with Crippen LogP contribution in [0, 0.1) is 0 Å². The van der Waals surface area contributed by atoms with Gasteiger partial charge in [-0.15, -0.1) is 11.3 Å². The van der Waals surface area contributed by atoms with E-state index in [2.05, 4.69) is 32.2 Å². The molecule has 1 heterocycles. The minimum atomic E-state index is 0.450. The van der Waals surface area contributed by atoms with Gasteiger partial charge in [0.1, 0.15) is 0 Å². The summed E-state index contributed by atoms with van der Waals surface area (Å²) in [6, 6.07) is 4.60. The quantitative estimate of drug-likeness (QED) is 0.725. The molecule has 1 rings (SSSR count). The fourth-order valence-electron chi connectivity index (χ4n) is 1.45. The largest absolute Gasteiger partial charge is 0.309 e. The normalized spacial score (nSPS) is 14.8. The highest BCUT2D eigenvalue weighted by molar-refractivity contribution is 7.99. The minimum absolute atomic E-state index is 0.450. The lowest BCUT2D eigenvalue weighted by Crippen LogP contribution is -2.24. The van der Waals surface area contributed by atoms with Crippen LogP contribution < -0.4 is 5.32 Å². The van der Waals surface area contributed by atoms with E-state index in [-0.39, 0.29) is 0 Å². The average molecular weight is 292 g/mol. The highest BCUT2D eigenvalue weighted by Gasteiger charge is 2.14. The van der Waals surface area contributed by atoms with Crippen LogP contribution in [-0.4, -0.2) is 17.5 Å². The van der Waals surface area contributed by atoms with Crippen molar-refractivity contribution in [3.8, 4) is 0 Å². The van der Waals surface area contributed by atoms with Gasteiger partial charge in [-0.1, -0.05) is 32.4 Å². The second-order valence-corrected chi connectivity index (χ2v) is 7.42. The van der Waals surface area contributed by atoms with Crippen molar-refractivity contribution in [2.24, 2.45) is 0 Å². The van der Waals surface area contributed by atoms with E-state index in [0.29, 0.717) is 6.04 Å². The summed E-state index contributed by atoms with van der Waals surface area (Å²) in [6.45, 7) is 7.81. The van der Waals surface area contributed by atoms with Crippen molar-refractivity contribution in [1.82, 2.24) is 5.32 Å². The van der Waals surface area contributed by atoms with Crippen LogP contribution in [0.2, 0.25) is 4.34 Å². The molecule has 0 saturated heterocycles. The van der Waals surface area contributed by atoms with Gasteiger partial charge in [-0.25, -0.2) is 0 Å². The molecule has 17 heavy (non-hydrogen) atoms. The van der Waals surface area contributed by atoms with E-state index in [0.717, 1.165) is 21.9 Å². The summed E-state index contributed by atoms with van der Waals surface area (Å²) >= 11 is 9.75. The molecule has 98 valence electrons. The van der Waals surface area contributed by atoms with Gasteiger partial charge < -0.3 is 5.32 Å². The number of hydrogen-bond acceptors (Lipinski definition) is 3. The van der Waals surface area contributed by atoms with Gasteiger partial charge in [-0.2, -0.15) is 11.8 Å². The fourth-order valence-corrected chi connectivity index (χ4v) is 3.75. The Hall–Kier alpha value is 0.300. The molecule has 2 unspecified atom stereocenters. The molecule has 1 N–H and O–H groups in total. The molecule has 0 radical (unpaired) electrons. The molecule has 0 bridgehead atoms. The summed E-state index contributed by atoms with van der Waals surface area (Å²) in [4.78, 5) is 1.36. The molecule has 4 heteroatoms. The first kappa shape index (κ1) is 15.4. The van der Waals surface area contributed by atoms with Crippen LogP contribution in [0.5, 0.6) is 0 Å². The van der Waals surface area contributed by atoms with Crippen molar-refractivity contribution in [2.45, 2.75) is 44.9 Å². The van der Waals surface area contributed by atoms with E-state index in [9.17, 15) is 0 Å². The van der Waals surface area contributed by atoms with Crippen molar-refractivity contribution in [3.05, 3.63) is 21.3 Å². The zero-order valence-electron chi connectivity index (χ0n) is 10.8. The summed E-state index contributed by atoms with van der Waals surface area (Å²) in [6.07, 6.45) is 2.40. The maximum atomic E-state index is 6.01. The molecule has 0 aliphatic heterocycles. The predicted molar refractivity (Wildman–Crippen MR) is 82.6 cm³/mol. The molecule has 0 spiro atoms. The number of nitrogens with one attached hydrogen (secondary N) is 1. The molecular formula is C13H22ClNS2. The number of rotatable bonds is 8. The van der Waals surface area contributed by atoms with Crippen LogP contribution >= 0.6 is 34.7 Å². The van der Waals surface area contributed by atoms with Crippen LogP contribution in [0.3, 0.4) is 0 Å². The molecule has 0 fully saturated rings. The van der Waals surface area contributed by atoms with Gasteiger partial charge in [0.15, 0.2) is 0 Å². The molecule has 0 saturated carbocycles. The summed E-state index contributed by atoms with van der Waals surface area (Å²) in [5, 5.41) is 4.34. The van der Waals surface area contributed by atoms with Gasteiger partial charge in [-0.05, 0) is 31.5 Å². The number of thiophene rings is 1. The van der Waals surface area contributed by atoms with Crippen molar-refractivity contribution in [2.75, 3.05) is 12.3 Å². The monoisotopic (exact) mass is 291 g/mol. The van der Waals surface area contributed by atoms with Crippen molar-refractivity contribution in [3.63, 3.8) is 0 Å². The molecule has 0 aliphatic carbocycles. The lowest BCUT2D eigenvalue weighted by molar-refractivity contribution is 0.584. The van der Waals surface area contributed by atoms with E-state index < -0.39 is 0 Å². The van der Waals surface area contributed by atoms with Crippen LogP contribution in [0.15, 0.2) is 12.1 Å². The number of halogens is 1. The Kier molecular flexibility index (Phi) is 7.60. The first-order chi connectivity index (χ1) is 8.17. The topological polar surface area (TPSA) is 12.0 Å². The highest BCUT2D eigenvalue weighted by Crippen LogP contribution is 2.30. The van der Waals surface area contributed by atoms with Crippen LogP contribution in [0.25, 0.3) is 0 Å². The molecule has 0 amide bonds. The molecule has 2 atom stereocenters. The van der Waals surface area contributed by atoms with Crippen LogP contribution in [-0.2, 0) is 0 Å². The number of thioether (sulfide) groups is 1. The first-order valence-electron chi connectivity index (χ1n) is 6.27. The van der Waals surface area contributed by atoms with Crippen molar-refractivity contribution >= 4 is 34.7 Å². The van der Waals surface area contributed by atoms with Gasteiger partial charge in [0, 0.05) is 15.9 Å². The van der Waals surface area contributed by atoms with Crippen molar-refractivity contribution < 1.29 is 0 Å². The van der Waals surface area contributed by atoms with E-state index in [1.54, 1.807) is 11.3 Å². The smallest absolute Gasteiger partial charge is 0.0931 e. The third-order valence-corrected chi connectivity index (χ3v) is 5.47. The Balaban J connectivity index is 2.54. The van der Waals surface area contributed by atoms with Gasteiger partial charge in [0.25, 0.3) is 0 Å². The van der Waals surface area contributed by atoms with Gasteiger partial charge in [-0.3, -0.25) is 0 Å². The highest BCUT2D eigenvalue weighted by atomic mass is 35.5. The fraction of sp³-hybridized carbons (Fsp3) is 0.692. The van der Waals surface area contributed by atoms with E-state index in [1.165, 1.54) is 17.7 Å². The molecule has 0 aliphatic rings. The van der Waals surface area contributed by atoms with Gasteiger partial charge in [0.2, 0.25) is 0 Å². The number of hydrogen-bond donors (Lipinski definition) is 1. The average Bonchev–Trinajstić information content (AvgIpc) is 2.75. The summed E-state index contributed by atoms with van der Waals surface area (Å²) in [5.74, 6) is 1.13. The van der Waals surface area contributed by atoms with E-state index >= 15 is 0 Å². The maximum absolute atomic E-state index is 6.01. The standard InChI is InChI=1S/C13H22ClNS2/c1-4-8-15-11(9-16-10(3)5-2)12-6-7-13(14)17-12/h6-7,10-11,15H,4-5,8-9H2,1-3H3. The molecular weight excluding hydrogens is 270 g/mol. The second-order valence-electron chi connectivity index (χ2n) is 4.20. The lowest BCUT2D eigenvalue weighted by atomic mass is 10.2. The summed E-state index contributed by atoms with van der Waals surface area (Å²) < 4.78 is 0.886. The Morgan fingerprint density at radius 1 is 1.41 bits per heavy atom. The Labute approximate surface area is 118 Å². The van der Waals surface area contributed by atoms with E-state index in [4.69, 9.17) is 11.6 Å². The van der Waals surface area contributed by atoms with Gasteiger partial charge >= 0.3 is 0 Å². The SMILES string of the molecule is CCCNC(CSC(C)CC)c1ccc(Cl)s1. The summed E-state index contributed by atoms with van der Waals surface area (Å²) in [5.41, 5.74) is 0. The van der Waals surface area contributed by atoms with Crippen LogP contribution in [0.1, 0.15) is 44.5 Å². The minimum Gasteiger partial charge on any atom is -0.309 e. The van der Waals surface area contributed by atoms with Crippen molar-refractivity contribution in [1.29, 1.82) is 0 Å². The Morgan fingerprint density at radius 2 is 2.18 bits per heavy atom. The Bertz CT molecular complexity index is 314. The molecule has 0 aromatic carbocycles. The summed E-state index contributed by atoms with van der Waals surface area (Å²) in [7, 11) is 0. The first-order valence-corrected chi connectivity index (χ1v) is 8.51. The van der Waals surface area contributed by atoms with Gasteiger partial charge in [0.05, 0.1) is 10.4 Å². The van der Waals surface area contributed by atoms with Crippen LogP contribution in [0.4, 0.5) is 0 Å². The molecule has 1 aromatic rings. The molecule has 1 aromatic heterocycles. The third kappa shape index (κ3) is 5.64. The lowest BCUT2D eigenvalue weighted by Gasteiger charge is -2.18. The second kappa shape index (κ2) is 8.41. The third-order valence-electron chi connectivity index (χ3n) is 2.70. The Morgan fingerprint density at radius 3 is 2.71 bits per heavy atom. The molecule has 1 nitrogen and oxygen atoms in total.